The molecule has 2 aromatic rings. The maximum Gasteiger partial charge on any atom is 0.0439 e. The zero-order valence-electron chi connectivity index (χ0n) is 10.5. The molecular formula is C15H14BrCl2N. The number of halogens is 3. The van der Waals surface area contributed by atoms with E-state index < -0.39 is 0 Å². The lowest BCUT2D eigenvalue weighted by molar-refractivity contribution is 0.716. The minimum absolute atomic E-state index is 0.0935. The highest BCUT2D eigenvalue weighted by molar-refractivity contribution is 9.10. The van der Waals surface area contributed by atoms with Gasteiger partial charge in [0.1, 0.15) is 0 Å². The van der Waals surface area contributed by atoms with Gasteiger partial charge in [0.25, 0.3) is 0 Å². The molecule has 19 heavy (non-hydrogen) atoms. The lowest BCUT2D eigenvalue weighted by Gasteiger charge is -2.16. The molecular weight excluding hydrogens is 345 g/mol. The van der Waals surface area contributed by atoms with Crippen molar-refractivity contribution in [2.24, 2.45) is 5.73 Å². The molecule has 0 saturated heterocycles. The molecule has 2 rings (SSSR count). The largest absolute Gasteiger partial charge is 0.324 e. The van der Waals surface area contributed by atoms with Crippen molar-refractivity contribution in [2.45, 2.75) is 19.4 Å². The van der Waals surface area contributed by atoms with Crippen molar-refractivity contribution in [2.75, 3.05) is 0 Å². The monoisotopic (exact) mass is 357 g/mol. The molecule has 1 nitrogen and oxygen atoms in total. The van der Waals surface area contributed by atoms with E-state index in [9.17, 15) is 0 Å². The van der Waals surface area contributed by atoms with Crippen LogP contribution in [0.5, 0.6) is 0 Å². The summed E-state index contributed by atoms with van der Waals surface area (Å²) in [5, 5.41) is 1.38. The Morgan fingerprint density at radius 2 is 1.89 bits per heavy atom. The lowest BCUT2D eigenvalue weighted by Crippen LogP contribution is -2.15. The first kappa shape index (κ1) is 14.9. The third-order valence-electron chi connectivity index (χ3n) is 3.08. The van der Waals surface area contributed by atoms with Crippen molar-refractivity contribution >= 4 is 39.1 Å². The predicted octanol–water partition coefficient (Wildman–Crippen LogP) is 5.31. The second kappa shape index (κ2) is 6.27. The van der Waals surface area contributed by atoms with Crippen LogP contribution in [0.2, 0.25) is 10.0 Å². The van der Waals surface area contributed by atoms with Crippen molar-refractivity contribution < 1.29 is 0 Å². The van der Waals surface area contributed by atoms with Crippen molar-refractivity contribution in [3.8, 4) is 0 Å². The summed E-state index contributed by atoms with van der Waals surface area (Å²) in [4.78, 5) is 0. The zero-order chi connectivity index (χ0) is 14.0. The average Bonchev–Trinajstić information content (AvgIpc) is 2.33. The number of benzene rings is 2. The summed E-state index contributed by atoms with van der Waals surface area (Å²) in [6.07, 6.45) is 0.669. The van der Waals surface area contributed by atoms with Crippen LogP contribution in [0.25, 0.3) is 0 Å². The Labute approximate surface area is 131 Å². The van der Waals surface area contributed by atoms with Crippen LogP contribution in [0, 0.1) is 6.92 Å². The Balaban J connectivity index is 2.25. The summed E-state index contributed by atoms with van der Waals surface area (Å²) in [6.45, 7) is 2.06. The number of aryl methyl sites for hydroxylation is 1. The number of rotatable bonds is 3. The summed E-state index contributed by atoms with van der Waals surface area (Å²) >= 11 is 15.6. The fourth-order valence-corrected chi connectivity index (χ4v) is 2.97. The van der Waals surface area contributed by atoms with Gasteiger partial charge in [-0.3, -0.25) is 0 Å². The van der Waals surface area contributed by atoms with Crippen LogP contribution in [-0.2, 0) is 6.42 Å². The molecule has 0 radical (unpaired) electrons. The molecule has 0 fully saturated rings. The van der Waals surface area contributed by atoms with E-state index in [0.29, 0.717) is 16.5 Å². The third kappa shape index (κ3) is 3.73. The van der Waals surface area contributed by atoms with Crippen molar-refractivity contribution in [3.05, 3.63) is 67.6 Å². The topological polar surface area (TPSA) is 26.0 Å². The zero-order valence-corrected chi connectivity index (χ0v) is 13.6. The summed E-state index contributed by atoms with van der Waals surface area (Å²) in [5.41, 5.74) is 9.55. The quantitative estimate of drug-likeness (QED) is 0.790. The molecule has 4 heteroatoms. The van der Waals surface area contributed by atoms with Crippen LogP contribution < -0.4 is 5.73 Å². The SMILES string of the molecule is Cc1cc(Br)ccc1C(N)Cc1cc(Cl)ccc1Cl. The summed E-state index contributed by atoms with van der Waals surface area (Å²) in [7, 11) is 0. The smallest absolute Gasteiger partial charge is 0.0439 e. The minimum Gasteiger partial charge on any atom is -0.324 e. The van der Waals surface area contributed by atoms with Crippen LogP contribution in [0.1, 0.15) is 22.7 Å². The Morgan fingerprint density at radius 1 is 1.16 bits per heavy atom. The number of nitrogens with two attached hydrogens (primary N) is 1. The Kier molecular flexibility index (Phi) is 4.91. The van der Waals surface area contributed by atoms with Gasteiger partial charge in [-0.1, -0.05) is 45.2 Å². The van der Waals surface area contributed by atoms with Crippen LogP contribution in [0.3, 0.4) is 0 Å². The standard InChI is InChI=1S/C15H14BrCl2N/c1-9-6-11(16)2-4-13(9)15(19)8-10-7-12(17)3-5-14(10)18/h2-7,15H,8,19H2,1H3. The van der Waals surface area contributed by atoms with E-state index in [1.54, 1.807) is 12.1 Å². The molecule has 2 aromatic carbocycles. The molecule has 0 amide bonds. The number of hydrogen-bond acceptors (Lipinski definition) is 1. The van der Waals surface area contributed by atoms with Crippen molar-refractivity contribution in [3.63, 3.8) is 0 Å². The van der Waals surface area contributed by atoms with Crippen LogP contribution >= 0.6 is 39.1 Å². The van der Waals surface area contributed by atoms with Crippen LogP contribution in [-0.4, -0.2) is 0 Å². The molecule has 0 spiro atoms. The highest BCUT2D eigenvalue weighted by Gasteiger charge is 2.12. The van der Waals surface area contributed by atoms with Gasteiger partial charge in [-0.15, -0.1) is 0 Å². The number of hydrogen-bond donors (Lipinski definition) is 1. The van der Waals surface area contributed by atoms with Gasteiger partial charge in [-0.2, -0.15) is 0 Å². The van der Waals surface area contributed by atoms with Gasteiger partial charge in [-0.05, 0) is 60.4 Å². The van der Waals surface area contributed by atoms with Gasteiger partial charge < -0.3 is 5.73 Å². The molecule has 1 unspecified atom stereocenters. The minimum atomic E-state index is -0.0935. The van der Waals surface area contributed by atoms with Crippen molar-refractivity contribution in [1.82, 2.24) is 0 Å². The second-order valence-electron chi connectivity index (χ2n) is 4.55. The van der Waals surface area contributed by atoms with Gasteiger partial charge >= 0.3 is 0 Å². The first-order chi connectivity index (χ1) is 8.97. The van der Waals surface area contributed by atoms with Gasteiger partial charge in [0.2, 0.25) is 0 Å². The van der Waals surface area contributed by atoms with E-state index in [0.717, 1.165) is 15.6 Å². The predicted molar refractivity (Wildman–Crippen MR) is 86.0 cm³/mol. The summed E-state index contributed by atoms with van der Waals surface area (Å²) < 4.78 is 1.06. The van der Waals surface area contributed by atoms with Gasteiger partial charge in [0.05, 0.1) is 0 Å². The average molecular weight is 359 g/mol. The van der Waals surface area contributed by atoms with E-state index in [1.807, 2.05) is 18.2 Å². The maximum absolute atomic E-state index is 6.28. The molecule has 0 aromatic heterocycles. The Morgan fingerprint density at radius 3 is 2.58 bits per heavy atom. The molecule has 0 aliphatic rings. The fourth-order valence-electron chi connectivity index (χ4n) is 2.10. The normalized spacial score (nSPS) is 12.5. The van der Waals surface area contributed by atoms with E-state index in [1.165, 1.54) is 5.56 Å². The lowest BCUT2D eigenvalue weighted by atomic mass is 9.96. The molecule has 0 aliphatic heterocycles. The molecule has 100 valence electrons. The molecule has 0 heterocycles. The maximum atomic E-state index is 6.28. The van der Waals surface area contributed by atoms with Gasteiger partial charge in [-0.25, -0.2) is 0 Å². The van der Waals surface area contributed by atoms with E-state index in [-0.39, 0.29) is 6.04 Å². The third-order valence-corrected chi connectivity index (χ3v) is 4.18. The second-order valence-corrected chi connectivity index (χ2v) is 6.31. The van der Waals surface area contributed by atoms with Gasteiger partial charge in [0, 0.05) is 20.6 Å². The Bertz CT molecular complexity index is 599. The van der Waals surface area contributed by atoms with E-state index >= 15 is 0 Å². The molecule has 1 atom stereocenters. The fraction of sp³-hybridized carbons (Fsp3) is 0.200. The van der Waals surface area contributed by atoms with E-state index in [2.05, 4.69) is 28.9 Å². The molecule has 0 aliphatic carbocycles. The van der Waals surface area contributed by atoms with E-state index in [4.69, 9.17) is 28.9 Å². The van der Waals surface area contributed by atoms with Crippen molar-refractivity contribution in [1.29, 1.82) is 0 Å². The van der Waals surface area contributed by atoms with Crippen LogP contribution in [0.15, 0.2) is 40.9 Å². The summed E-state index contributed by atoms with van der Waals surface area (Å²) in [6, 6.07) is 11.5. The summed E-state index contributed by atoms with van der Waals surface area (Å²) in [5.74, 6) is 0. The first-order valence-corrected chi connectivity index (χ1v) is 7.48. The molecule has 2 N–H and O–H groups in total. The molecule has 0 saturated carbocycles. The van der Waals surface area contributed by atoms with Gasteiger partial charge in [0.15, 0.2) is 0 Å². The Hall–Kier alpha value is -0.540. The molecule has 0 bridgehead atoms. The highest BCUT2D eigenvalue weighted by atomic mass is 79.9. The highest BCUT2D eigenvalue weighted by Crippen LogP contribution is 2.27. The first-order valence-electron chi connectivity index (χ1n) is 5.93. The van der Waals surface area contributed by atoms with Crippen LogP contribution in [0.4, 0.5) is 0 Å².